The Labute approximate surface area is 211 Å². The lowest BCUT2D eigenvalue weighted by Gasteiger charge is -2.34. The highest BCUT2D eigenvalue weighted by molar-refractivity contribution is 6.00. The lowest BCUT2D eigenvalue weighted by molar-refractivity contribution is -0.123. The van der Waals surface area contributed by atoms with Gasteiger partial charge < -0.3 is 14.6 Å². The molecule has 1 aromatic heterocycles. The summed E-state index contributed by atoms with van der Waals surface area (Å²) in [5.74, 6) is -0.491. The summed E-state index contributed by atoms with van der Waals surface area (Å²) in [5, 5.41) is 0. The molecule has 3 aromatic carbocycles. The molecule has 182 valence electrons. The SMILES string of the molecule is COC(=O)c1cc2c([nH]1)C(c1ccccc1)N(Cc1ccccc1)[C@@H](C)C(=O)N2Cc1ccccc1. The van der Waals surface area contributed by atoms with E-state index < -0.39 is 12.0 Å². The number of carbonyl (C=O) groups excluding carboxylic acids is 2. The second-order valence-corrected chi connectivity index (χ2v) is 9.03. The van der Waals surface area contributed by atoms with Gasteiger partial charge in [-0.05, 0) is 29.7 Å². The van der Waals surface area contributed by atoms with Crippen LogP contribution in [0, 0.1) is 0 Å². The van der Waals surface area contributed by atoms with E-state index in [4.69, 9.17) is 4.74 Å². The number of aromatic nitrogens is 1. The van der Waals surface area contributed by atoms with Crippen LogP contribution in [0.1, 0.15) is 45.8 Å². The third-order valence-corrected chi connectivity index (χ3v) is 6.76. The van der Waals surface area contributed by atoms with Crippen LogP contribution in [-0.2, 0) is 22.6 Å². The van der Waals surface area contributed by atoms with E-state index >= 15 is 0 Å². The Balaban J connectivity index is 1.70. The number of nitrogens with one attached hydrogen (secondary N) is 1. The number of H-pyrrole nitrogens is 1. The first-order valence-electron chi connectivity index (χ1n) is 12.1. The molecular formula is C30H29N3O3. The van der Waals surface area contributed by atoms with Crippen LogP contribution in [-0.4, -0.2) is 34.9 Å². The van der Waals surface area contributed by atoms with Crippen molar-refractivity contribution in [3.8, 4) is 0 Å². The summed E-state index contributed by atoms with van der Waals surface area (Å²) in [6.45, 7) is 2.93. The van der Waals surface area contributed by atoms with Gasteiger partial charge in [-0.2, -0.15) is 0 Å². The minimum Gasteiger partial charge on any atom is -0.464 e. The van der Waals surface area contributed by atoms with Crippen molar-refractivity contribution >= 4 is 17.6 Å². The first-order valence-corrected chi connectivity index (χ1v) is 12.1. The van der Waals surface area contributed by atoms with E-state index in [0.29, 0.717) is 24.5 Å². The van der Waals surface area contributed by atoms with Gasteiger partial charge in [0.25, 0.3) is 0 Å². The van der Waals surface area contributed by atoms with Crippen LogP contribution in [0.2, 0.25) is 0 Å². The quantitative estimate of drug-likeness (QED) is 0.380. The molecule has 6 nitrogen and oxygen atoms in total. The van der Waals surface area contributed by atoms with Gasteiger partial charge in [0.2, 0.25) is 5.91 Å². The molecule has 1 unspecified atom stereocenters. The number of anilines is 1. The zero-order valence-electron chi connectivity index (χ0n) is 20.4. The van der Waals surface area contributed by atoms with Crippen LogP contribution in [0.4, 0.5) is 5.69 Å². The molecule has 0 spiro atoms. The number of benzene rings is 3. The second-order valence-electron chi connectivity index (χ2n) is 9.03. The predicted molar refractivity (Wildman–Crippen MR) is 139 cm³/mol. The van der Waals surface area contributed by atoms with E-state index in [1.807, 2.05) is 73.7 Å². The lowest BCUT2D eigenvalue weighted by atomic mass is 9.99. The number of rotatable bonds is 6. The average Bonchev–Trinajstić information content (AvgIpc) is 3.34. The molecule has 5 rings (SSSR count). The van der Waals surface area contributed by atoms with Crippen molar-refractivity contribution in [3.63, 3.8) is 0 Å². The summed E-state index contributed by atoms with van der Waals surface area (Å²) in [6.07, 6.45) is 0. The van der Waals surface area contributed by atoms with E-state index in [1.165, 1.54) is 7.11 Å². The molecule has 4 aromatic rings. The number of aromatic amines is 1. The van der Waals surface area contributed by atoms with Crippen LogP contribution in [0.3, 0.4) is 0 Å². The minimum atomic E-state index is -0.468. The molecule has 0 radical (unpaired) electrons. The summed E-state index contributed by atoms with van der Waals surface area (Å²) in [7, 11) is 1.36. The van der Waals surface area contributed by atoms with Crippen LogP contribution in [0.5, 0.6) is 0 Å². The number of nitrogens with zero attached hydrogens (tertiary/aromatic N) is 2. The fourth-order valence-electron chi connectivity index (χ4n) is 4.93. The zero-order valence-corrected chi connectivity index (χ0v) is 20.4. The van der Waals surface area contributed by atoms with Crippen LogP contribution in [0.15, 0.2) is 97.1 Å². The summed E-state index contributed by atoms with van der Waals surface area (Å²) in [4.78, 5) is 34.0. The summed E-state index contributed by atoms with van der Waals surface area (Å²) < 4.78 is 5.02. The Bertz CT molecular complexity index is 1340. The van der Waals surface area contributed by atoms with E-state index in [0.717, 1.165) is 22.4 Å². The van der Waals surface area contributed by atoms with Crippen LogP contribution < -0.4 is 4.90 Å². The molecule has 0 fully saturated rings. The highest BCUT2D eigenvalue weighted by atomic mass is 16.5. The maximum absolute atomic E-state index is 14.1. The summed E-state index contributed by atoms with van der Waals surface area (Å²) >= 11 is 0. The highest BCUT2D eigenvalue weighted by Crippen LogP contribution is 2.41. The molecule has 0 aliphatic carbocycles. The first kappa shape index (κ1) is 23.6. The number of esters is 1. The van der Waals surface area contributed by atoms with Gasteiger partial charge in [-0.1, -0.05) is 91.0 Å². The smallest absolute Gasteiger partial charge is 0.354 e. The van der Waals surface area contributed by atoms with Crippen molar-refractivity contribution in [2.75, 3.05) is 12.0 Å². The predicted octanol–water partition coefficient (Wildman–Crippen LogP) is 5.33. The van der Waals surface area contributed by atoms with Gasteiger partial charge in [0.05, 0.1) is 37.1 Å². The average molecular weight is 480 g/mol. The monoisotopic (exact) mass is 479 g/mol. The van der Waals surface area contributed by atoms with E-state index in [1.54, 1.807) is 11.0 Å². The van der Waals surface area contributed by atoms with Gasteiger partial charge in [-0.25, -0.2) is 4.79 Å². The molecule has 1 aliphatic rings. The molecule has 6 heteroatoms. The van der Waals surface area contributed by atoms with Crippen LogP contribution >= 0.6 is 0 Å². The standard InChI is InChI=1S/C30H29N3O3/c1-21-29(34)33(20-23-14-8-4-9-15-23)26-18-25(30(35)36-2)31-27(26)28(24-16-10-5-11-17-24)32(21)19-22-12-6-3-7-13-22/h3-18,21,28,31H,19-20H2,1-2H3/t21-,28?/m0/s1. The zero-order chi connectivity index (χ0) is 25.1. The Morgan fingerprint density at radius 2 is 1.42 bits per heavy atom. The molecule has 1 aliphatic heterocycles. The molecule has 1 amide bonds. The van der Waals surface area contributed by atoms with Gasteiger partial charge in [0, 0.05) is 6.54 Å². The molecule has 36 heavy (non-hydrogen) atoms. The van der Waals surface area contributed by atoms with Crippen molar-refractivity contribution in [3.05, 3.63) is 125 Å². The maximum Gasteiger partial charge on any atom is 0.354 e. The second kappa shape index (κ2) is 10.2. The number of hydrogen-bond donors (Lipinski definition) is 1. The number of methoxy groups -OCH3 is 1. The topological polar surface area (TPSA) is 65.6 Å². The fourth-order valence-corrected chi connectivity index (χ4v) is 4.93. The number of fused-ring (bicyclic) bond motifs is 1. The number of amides is 1. The molecule has 0 bridgehead atoms. The number of ether oxygens (including phenoxy) is 1. The van der Waals surface area contributed by atoms with Crippen molar-refractivity contribution < 1.29 is 14.3 Å². The Kier molecular flexibility index (Phi) is 6.69. The first-order chi connectivity index (χ1) is 17.6. The Morgan fingerprint density at radius 1 is 0.861 bits per heavy atom. The molecule has 2 atom stereocenters. The van der Waals surface area contributed by atoms with Gasteiger partial charge in [0.15, 0.2) is 0 Å². The molecule has 1 N–H and O–H groups in total. The Hall–Kier alpha value is -4.16. The third kappa shape index (κ3) is 4.55. The molecule has 2 heterocycles. The van der Waals surface area contributed by atoms with Crippen molar-refractivity contribution in [1.82, 2.24) is 9.88 Å². The molecule has 0 saturated heterocycles. The van der Waals surface area contributed by atoms with Crippen molar-refractivity contribution in [2.24, 2.45) is 0 Å². The van der Waals surface area contributed by atoms with Gasteiger partial charge in [0.1, 0.15) is 5.69 Å². The third-order valence-electron chi connectivity index (χ3n) is 6.76. The van der Waals surface area contributed by atoms with Gasteiger partial charge >= 0.3 is 5.97 Å². The minimum absolute atomic E-state index is 0.0233. The summed E-state index contributed by atoms with van der Waals surface area (Å²) in [6, 6.07) is 31.2. The molecule has 0 saturated carbocycles. The van der Waals surface area contributed by atoms with E-state index in [2.05, 4.69) is 34.1 Å². The highest BCUT2D eigenvalue weighted by Gasteiger charge is 2.41. The fraction of sp³-hybridized carbons (Fsp3) is 0.200. The Morgan fingerprint density at radius 3 is 2.00 bits per heavy atom. The number of carbonyl (C=O) groups is 2. The normalized spacial score (nSPS) is 17.9. The van der Waals surface area contributed by atoms with Crippen LogP contribution in [0.25, 0.3) is 0 Å². The summed E-state index contributed by atoms with van der Waals surface area (Å²) in [5.41, 5.74) is 4.97. The van der Waals surface area contributed by atoms with E-state index in [9.17, 15) is 9.59 Å². The molecular weight excluding hydrogens is 450 g/mol. The lowest BCUT2D eigenvalue weighted by Crippen LogP contribution is -2.45. The largest absolute Gasteiger partial charge is 0.464 e. The van der Waals surface area contributed by atoms with Gasteiger partial charge in [-0.3, -0.25) is 9.69 Å². The van der Waals surface area contributed by atoms with Gasteiger partial charge in [-0.15, -0.1) is 0 Å². The number of hydrogen-bond acceptors (Lipinski definition) is 4. The van der Waals surface area contributed by atoms with E-state index in [-0.39, 0.29) is 11.9 Å². The maximum atomic E-state index is 14.1. The van der Waals surface area contributed by atoms with Crippen molar-refractivity contribution in [2.45, 2.75) is 32.1 Å². The van der Waals surface area contributed by atoms with Crippen molar-refractivity contribution in [1.29, 1.82) is 0 Å².